The molecule has 0 saturated heterocycles. The van der Waals surface area contributed by atoms with Crippen molar-refractivity contribution in [3.8, 4) is 0 Å². The first-order chi connectivity index (χ1) is 25.5. The van der Waals surface area contributed by atoms with Gasteiger partial charge in [-0.2, -0.15) is 0 Å². The number of aromatic nitrogens is 2. The van der Waals surface area contributed by atoms with Gasteiger partial charge in [-0.1, -0.05) is 149 Å². The monoisotopic (exact) mass is 720 g/mol. The van der Waals surface area contributed by atoms with Crippen LogP contribution in [0, 0.1) is 0 Å². The largest absolute Gasteiger partial charge is 0.871 e. The zero-order valence-corrected chi connectivity index (χ0v) is 33.9. The van der Waals surface area contributed by atoms with E-state index in [1.807, 2.05) is 6.92 Å². The van der Waals surface area contributed by atoms with Crippen molar-refractivity contribution in [1.82, 2.24) is 9.97 Å². The van der Waals surface area contributed by atoms with Gasteiger partial charge in [0.05, 0.1) is 36.8 Å². The Balaban J connectivity index is 1.71. The maximum absolute atomic E-state index is 13.5. The first-order valence-electron chi connectivity index (χ1n) is 21.6. The summed E-state index contributed by atoms with van der Waals surface area (Å²) in [6.45, 7) is 14.5. The number of ketones is 1. The maximum atomic E-state index is 13.5. The number of amidine groups is 1. The summed E-state index contributed by atoms with van der Waals surface area (Å²) < 4.78 is 8.49. The SMILES string of the molecule is CCCCCCCCN(CCCCCCCC)c1cnc(C2=C([O-])/C(=C3\OC(=[N+](CCCCCCCC)CCCCCCCC)N=C3C)C2=O)cn1. The van der Waals surface area contributed by atoms with Crippen LogP contribution in [0.2, 0.25) is 0 Å². The molecule has 8 nitrogen and oxygen atoms in total. The molecule has 0 amide bonds. The summed E-state index contributed by atoms with van der Waals surface area (Å²) in [5.74, 6) is 0.472. The van der Waals surface area contributed by atoms with Gasteiger partial charge in [0.2, 0.25) is 0 Å². The van der Waals surface area contributed by atoms with E-state index in [2.05, 4.69) is 42.2 Å². The van der Waals surface area contributed by atoms with E-state index in [0.29, 0.717) is 23.2 Å². The van der Waals surface area contributed by atoms with Crippen LogP contribution in [0.1, 0.15) is 194 Å². The molecule has 2 aliphatic rings. The summed E-state index contributed by atoms with van der Waals surface area (Å²) in [6, 6.07) is 0.524. The van der Waals surface area contributed by atoms with Crippen molar-refractivity contribution in [2.24, 2.45) is 4.99 Å². The van der Waals surface area contributed by atoms with Crippen LogP contribution >= 0.6 is 0 Å². The number of hydrogen-bond acceptors (Lipinski definition) is 6. The molecule has 0 bridgehead atoms. The maximum Gasteiger partial charge on any atom is 0.499 e. The molecule has 0 spiro atoms. The van der Waals surface area contributed by atoms with Gasteiger partial charge in [0.25, 0.3) is 0 Å². The lowest BCUT2D eigenvalue weighted by Crippen LogP contribution is -2.32. The molecule has 0 saturated carbocycles. The number of Topliss-reactive ketones (excluding diaryl/α,β-unsaturated/α-hetero) is 1. The fourth-order valence-corrected chi connectivity index (χ4v) is 7.17. The zero-order valence-electron chi connectivity index (χ0n) is 33.9. The van der Waals surface area contributed by atoms with E-state index in [-0.39, 0.29) is 22.7 Å². The average molecular weight is 720 g/mol. The summed E-state index contributed by atoms with van der Waals surface area (Å²) in [5, 5.41) is 13.5. The third-order valence-electron chi connectivity index (χ3n) is 10.5. The Hall–Kier alpha value is -3.03. The number of allylic oxidation sites excluding steroid dienone is 3. The van der Waals surface area contributed by atoms with Gasteiger partial charge in [-0.3, -0.25) is 9.78 Å². The summed E-state index contributed by atoms with van der Waals surface area (Å²) in [4.78, 5) is 30.0. The van der Waals surface area contributed by atoms with Gasteiger partial charge >= 0.3 is 6.02 Å². The molecule has 0 fully saturated rings. The minimum Gasteiger partial charge on any atom is -0.871 e. The molecule has 1 aliphatic carbocycles. The fourth-order valence-electron chi connectivity index (χ4n) is 7.17. The molecule has 0 atom stereocenters. The van der Waals surface area contributed by atoms with Crippen molar-refractivity contribution >= 4 is 28.9 Å². The summed E-state index contributed by atoms with van der Waals surface area (Å²) >= 11 is 0. The quantitative estimate of drug-likeness (QED) is 0.0446. The van der Waals surface area contributed by atoms with E-state index in [0.717, 1.165) is 57.7 Å². The molecular weight excluding hydrogens is 647 g/mol. The van der Waals surface area contributed by atoms with Crippen molar-refractivity contribution in [2.45, 2.75) is 189 Å². The highest BCUT2D eigenvalue weighted by Gasteiger charge is 2.40. The Bertz CT molecular complexity index is 1280. The van der Waals surface area contributed by atoms with Crippen LogP contribution < -0.4 is 10.0 Å². The third kappa shape index (κ3) is 14.4. The Kier molecular flexibility index (Phi) is 21.6. The molecule has 0 radical (unpaired) electrons. The lowest BCUT2D eigenvalue weighted by molar-refractivity contribution is -0.537. The molecule has 0 aromatic carbocycles. The lowest BCUT2D eigenvalue weighted by Gasteiger charge is -2.30. The van der Waals surface area contributed by atoms with Crippen LogP contribution in [0.15, 0.2) is 34.5 Å². The zero-order chi connectivity index (χ0) is 37.4. The van der Waals surface area contributed by atoms with Crippen LogP contribution in [-0.4, -0.2) is 58.2 Å². The standard InChI is InChI=1S/C44H73N5O3/c1-6-10-14-18-22-26-30-48(31-27-23-19-15-11-7-2)38-35-45-37(34-46-38)39-41(50)40(42(39)51)43-36(5)47-44(52-43)49(32-28-24-20-16-12-8-3)33-29-25-21-17-13-9-4/h34-35H,6-33H2,1-5H3. The predicted octanol–water partition coefficient (Wildman–Crippen LogP) is 10.5. The molecule has 3 rings (SSSR count). The van der Waals surface area contributed by atoms with Crippen LogP contribution in [0.3, 0.4) is 0 Å². The second-order valence-electron chi connectivity index (χ2n) is 15.1. The smallest absolute Gasteiger partial charge is 0.499 e. The van der Waals surface area contributed by atoms with E-state index in [9.17, 15) is 9.90 Å². The van der Waals surface area contributed by atoms with E-state index in [4.69, 9.17) is 14.7 Å². The molecule has 1 aliphatic heterocycles. The van der Waals surface area contributed by atoms with Gasteiger partial charge in [-0.15, -0.1) is 0 Å². The molecule has 2 heterocycles. The Morgan fingerprint density at radius 3 is 1.52 bits per heavy atom. The number of carbonyl (C=O) groups excluding carboxylic acids is 1. The van der Waals surface area contributed by atoms with E-state index in [1.54, 1.807) is 12.4 Å². The number of nitrogens with zero attached hydrogens (tertiary/aromatic N) is 5. The van der Waals surface area contributed by atoms with Crippen molar-refractivity contribution in [3.63, 3.8) is 0 Å². The number of aliphatic imine (C=N–C) groups is 1. The Morgan fingerprint density at radius 1 is 0.615 bits per heavy atom. The first-order valence-corrected chi connectivity index (χ1v) is 21.6. The molecule has 0 N–H and O–H groups in total. The van der Waals surface area contributed by atoms with Crippen molar-refractivity contribution in [1.29, 1.82) is 0 Å². The second kappa shape index (κ2) is 25.9. The van der Waals surface area contributed by atoms with Crippen LogP contribution in [0.25, 0.3) is 5.57 Å². The van der Waals surface area contributed by atoms with Crippen molar-refractivity contribution < 1.29 is 19.2 Å². The first kappa shape index (κ1) is 43.4. The van der Waals surface area contributed by atoms with Crippen LogP contribution in [0.5, 0.6) is 0 Å². The highest BCUT2D eigenvalue weighted by molar-refractivity contribution is 6.40. The van der Waals surface area contributed by atoms with Crippen LogP contribution in [0.4, 0.5) is 5.82 Å². The minimum absolute atomic E-state index is 0.0870. The summed E-state index contributed by atoms with van der Waals surface area (Å²) in [5.41, 5.74) is 1.11. The predicted molar refractivity (Wildman–Crippen MR) is 216 cm³/mol. The van der Waals surface area contributed by atoms with E-state index >= 15 is 0 Å². The molecule has 292 valence electrons. The normalized spacial score (nSPS) is 15.7. The molecule has 52 heavy (non-hydrogen) atoms. The lowest BCUT2D eigenvalue weighted by atomic mass is 9.84. The van der Waals surface area contributed by atoms with Gasteiger partial charge in [0, 0.05) is 25.6 Å². The van der Waals surface area contributed by atoms with Crippen LogP contribution in [-0.2, 0) is 9.53 Å². The molecule has 1 aromatic heterocycles. The van der Waals surface area contributed by atoms with Gasteiger partial charge in [-0.25, -0.2) is 9.56 Å². The fraction of sp³-hybridized carbons (Fsp3) is 0.750. The van der Waals surface area contributed by atoms with E-state index in [1.165, 1.54) is 128 Å². The number of unbranched alkanes of at least 4 members (excludes halogenated alkanes) is 20. The van der Waals surface area contributed by atoms with Gasteiger partial charge in [0.15, 0.2) is 17.3 Å². The number of ether oxygens (including phenoxy) is 1. The summed E-state index contributed by atoms with van der Waals surface area (Å²) in [7, 11) is 0. The van der Waals surface area contributed by atoms with Gasteiger partial charge < -0.3 is 14.7 Å². The third-order valence-corrected chi connectivity index (χ3v) is 10.5. The number of hydrogen-bond donors (Lipinski definition) is 0. The van der Waals surface area contributed by atoms with Crippen molar-refractivity contribution in [3.05, 3.63) is 35.2 Å². The van der Waals surface area contributed by atoms with Gasteiger partial charge in [-0.05, 0) is 43.5 Å². The second-order valence-corrected chi connectivity index (χ2v) is 15.1. The molecule has 8 heteroatoms. The highest BCUT2D eigenvalue weighted by Crippen LogP contribution is 2.37. The number of carbonyl (C=O) groups is 1. The molecular formula is C44H73N5O3. The Morgan fingerprint density at radius 2 is 1.08 bits per heavy atom. The number of anilines is 1. The topological polar surface area (TPSA) is 93.8 Å². The average Bonchev–Trinajstić information content (AvgIpc) is 3.52. The Labute approximate surface area is 317 Å². The number of rotatable bonds is 30. The minimum atomic E-state index is -0.327. The summed E-state index contributed by atoms with van der Waals surface area (Å²) in [6.07, 6.45) is 32.9. The van der Waals surface area contributed by atoms with Crippen molar-refractivity contribution in [2.75, 3.05) is 31.1 Å². The van der Waals surface area contributed by atoms with E-state index < -0.39 is 0 Å². The molecule has 0 unspecified atom stereocenters. The van der Waals surface area contributed by atoms with Gasteiger partial charge in [0.1, 0.15) is 5.82 Å². The highest BCUT2D eigenvalue weighted by atomic mass is 16.5. The molecule has 1 aromatic rings.